The zero-order chi connectivity index (χ0) is 15.4. The normalized spacial score (nSPS) is 32.8. The lowest BCUT2D eigenvalue weighted by molar-refractivity contribution is 0.500. The molecule has 0 amide bonds. The molecule has 3 aliphatic rings. The molecule has 2 heteroatoms. The van der Waals surface area contributed by atoms with E-state index >= 15 is 0 Å². The van der Waals surface area contributed by atoms with Crippen LogP contribution in [0.15, 0.2) is 46.2 Å². The summed E-state index contributed by atoms with van der Waals surface area (Å²) in [6, 6.07) is 9.29. The van der Waals surface area contributed by atoms with Crippen LogP contribution in [0.2, 0.25) is 0 Å². The van der Waals surface area contributed by atoms with Crippen LogP contribution in [-0.2, 0) is 0 Å². The number of halogens is 1. The number of hydrogen-bond donors (Lipinski definition) is 0. The maximum Gasteiger partial charge on any atom is 0.0590 e. The SMILES string of the molecule is CC1C=CC2=C(C1)[S@](C)(C1(I)CCCCC1)c1ccccc12. The number of fused-ring (bicyclic) bond motifs is 2. The van der Waals surface area contributed by atoms with Crippen molar-refractivity contribution in [2.45, 2.75) is 53.1 Å². The van der Waals surface area contributed by atoms with Gasteiger partial charge in [-0.3, -0.25) is 0 Å². The lowest BCUT2D eigenvalue weighted by atomic mass is 9.94. The van der Waals surface area contributed by atoms with Crippen LogP contribution in [-0.4, -0.2) is 9.01 Å². The van der Waals surface area contributed by atoms with E-state index in [-0.39, 0.29) is 0 Å². The van der Waals surface area contributed by atoms with E-state index in [4.69, 9.17) is 0 Å². The Labute approximate surface area is 149 Å². The van der Waals surface area contributed by atoms with Crippen molar-refractivity contribution in [1.29, 1.82) is 0 Å². The van der Waals surface area contributed by atoms with Crippen molar-refractivity contribution in [3.8, 4) is 0 Å². The predicted octanol–water partition coefficient (Wildman–Crippen LogP) is 6.90. The standard InChI is InChI=1S/C20H25IS/c1-15-10-11-17-16-8-4-5-9-18(16)22(2,19(17)14-15)20(21)12-6-3-7-13-20/h4-5,8-11,15H,3,6-7,12-14H2,1-2H3. The minimum Gasteiger partial charge on any atom is -0.178 e. The number of hydrogen-bond acceptors (Lipinski definition) is 0. The molecule has 1 aromatic carbocycles. The van der Waals surface area contributed by atoms with Crippen LogP contribution in [0, 0.1) is 5.92 Å². The van der Waals surface area contributed by atoms with Crippen molar-refractivity contribution in [2.75, 3.05) is 6.26 Å². The van der Waals surface area contributed by atoms with E-state index in [9.17, 15) is 0 Å². The molecule has 1 saturated carbocycles. The monoisotopic (exact) mass is 424 g/mol. The second-order valence-electron chi connectivity index (χ2n) is 7.24. The fourth-order valence-electron chi connectivity index (χ4n) is 4.53. The van der Waals surface area contributed by atoms with Crippen molar-refractivity contribution in [3.63, 3.8) is 0 Å². The van der Waals surface area contributed by atoms with Crippen LogP contribution in [0.1, 0.15) is 51.0 Å². The minimum absolute atomic E-state index is 0.473. The Kier molecular flexibility index (Phi) is 3.76. The van der Waals surface area contributed by atoms with Gasteiger partial charge in [-0.25, -0.2) is 0 Å². The molecule has 22 heavy (non-hydrogen) atoms. The number of allylic oxidation sites excluding steroid dienone is 4. The third-order valence-corrected chi connectivity index (χ3v) is 14.0. The molecule has 0 N–H and O–H groups in total. The van der Waals surface area contributed by atoms with Crippen molar-refractivity contribution >= 4 is 38.2 Å². The lowest BCUT2D eigenvalue weighted by Gasteiger charge is -2.52. The van der Waals surface area contributed by atoms with Crippen LogP contribution in [0.4, 0.5) is 0 Å². The molecule has 2 aliphatic carbocycles. The summed E-state index contributed by atoms with van der Waals surface area (Å²) in [5, 5.41) is 0. The summed E-state index contributed by atoms with van der Waals surface area (Å²) in [4.78, 5) is 3.48. The zero-order valence-electron chi connectivity index (χ0n) is 13.6. The summed E-state index contributed by atoms with van der Waals surface area (Å²) in [6.07, 6.45) is 15.8. The van der Waals surface area contributed by atoms with Gasteiger partial charge < -0.3 is 0 Å². The van der Waals surface area contributed by atoms with E-state index in [0.29, 0.717) is 8.67 Å². The molecule has 1 heterocycles. The molecule has 0 spiro atoms. The first-order valence-electron chi connectivity index (χ1n) is 8.54. The summed E-state index contributed by atoms with van der Waals surface area (Å²) in [7, 11) is -0.883. The maximum absolute atomic E-state index is 2.88. The second kappa shape index (κ2) is 5.41. The van der Waals surface area contributed by atoms with Gasteiger partial charge in [-0.05, 0) is 53.5 Å². The quantitative estimate of drug-likeness (QED) is 0.340. The smallest absolute Gasteiger partial charge is 0.0590 e. The second-order valence-corrected chi connectivity index (χ2v) is 13.6. The van der Waals surface area contributed by atoms with Gasteiger partial charge >= 0.3 is 0 Å². The number of rotatable bonds is 1. The Balaban J connectivity index is 1.93. The van der Waals surface area contributed by atoms with Gasteiger partial charge in [-0.2, -0.15) is 10.0 Å². The molecule has 0 bridgehead atoms. The maximum atomic E-state index is 2.88. The highest BCUT2D eigenvalue weighted by atomic mass is 127. The van der Waals surface area contributed by atoms with Gasteiger partial charge in [0.05, 0.1) is 2.75 Å². The predicted molar refractivity (Wildman–Crippen MR) is 108 cm³/mol. The summed E-state index contributed by atoms with van der Waals surface area (Å²) in [5.41, 5.74) is 3.12. The van der Waals surface area contributed by atoms with Crippen LogP contribution >= 0.6 is 32.6 Å². The van der Waals surface area contributed by atoms with Gasteiger partial charge in [0.1, 0.15) is 0 Å². The van der Waals surface area contributed by atoms with Crippen molar-refractivity contribution in [1.82, 2.24) is 0 Å². The Morgan fingerprint density at radius 1 is 1.14 bits per heavy atom. The molecule has 118 valence electrons. The average Bonchev–Trinajstić information content (AvgIpc) is 2.79. The largest absolute Gasteiger partial charge is 0.178 e. The van der Waals surface area contributed by atoms with Gasteiger partial charge in [-0.1, -0.05) is 79.1 Å². The molecule has 1 unspecified atom stereocenters. The number of benzene rings is 1. The van der Waals surface area contributed by atoms with Gasteiger partial charge in [0.2, 0.25) is 0 Å². The van der Waals surface area contributed by atoms with E-state index in [1.807, 2.05) is 0 Å². The van der Waals surface area contributed by atoms with E-state index < -0.39 is 10.0 Å². The Hall–Kier alpha value is -0.220. The molecule has 0 nitrogen and oxygen atoms in total. The van der Waals surface area contributed by atoms with Crippen LogP contribution in [0.5, 0.6) is 0 Å². The fraction of sp³-hybridized carbons (Fsp3) is 0.500. The summed E-state index contributed by atoms with van der Waals surface area (Å²) in [6.45, 7) is 2.38. The first-order valence-corrected chi connectivity index (χ1v) is 11.7. The van der Waals surface area contributed by atoms with Gasteiger partial charge in [0.25, 0.3) is 0 Å². The Bertz CT molecular complexity index is 666. The zero-order valence-corrected chi connectivity index (χ0v) is 16.5. The molecule has 1 aliphatic heterocycles. The van der Waals surface area contributed by atoms with Crippen LogP contribution < -0.4 is 0 Å². The molecule has 0 radical (unpaired) electrons. The highest BCUT2D eigenvalue weighted by Crippen LogP contribution is 2.80. The first kappa shape index (κ1) is 15.3. The fourth-order valence-corrected chi connectivity index (χ4v) is 11.2. The summed E-state index contributed by atoms with van der Waals surface area (Å²) in [5.74, 6) is 0.698. The van der Waals surface area contributed by atoms with Gasteiger partial charge in [0, 0.05) is 4.90 Å². The minimum atomic E-state index is -0.883. The van der Waals surface area contributed by atoms with Crippen molar-refractivity contribution in [2.24, 2.45) is 5.92 Å². The Morgan fingerprint density at radius 3 is 2.64 bits per heavy atom. The molecule has 2 atom stereocenters. The van der Waals surface area contributed by atoms with Gasteiger partial charge in [0.15, 0.2) is 0 Å². The highest BCUT2D eigenvalue weighted by molar-refractivity contribution is 14.1. The summed E-state index contributed by atoms with van der Waals surface area (Å²) >= 11 is 2.88. The van der Waals surface area contributed by atoms with Crippen molar-refractivity contribution in [3.05, 3.63) is 46.9 Å². The van der Waals surface area contributed by atoms with E-state index in [0.717, 1.165) is 0 Å². The third kappa shape index (κ3) is 2.02. The molecule has 0 aromatic heterocycles. The lowest BCUT2D eigenvalue weighted by Crippen LogP contribution is -2.31. The van der Waals surface area contributed by atoms with E-state index in [1.165, 1.54) is 38.5 Å². The van der Waals surface area contributed by atoms with Gasteiger partial charge in [-0.15, -0.1) is 0 Å². The molecular weight excluding hydrogens is 399 g/mol. The molecular formula is C20H25IS. The molecule has 1 fully saturated rings. The summed E-state index contributed by atoms with van der Waals surface area (Å²) < 4.78 is 0.473. The molecule has 1 aromatic rings. The molecule has 0 saturated heterocycles. The number of alkyl halides is 1. The van der Waals surface area contributed by atoms with E-state index in [1.54, 1.807) is 20.9 Å². The average molecular weight is 424 g/mol. The molecule has 4 rings (SSSR count). The topological polar surface area (TPSA) is 0 Å². The van der Waals surface area contributed by atoms with Crippen LogP contribution in [0.25, 0.3) is 5.57 Å². The highest BCUT2D eigenvalue weighted by Gasteiger charge is 2.50. The first-order chi connectivity index (χ1) is 10.6. The Morgan fingerprint density at radius 2 is 1.86 bits per heavy atom. The van der Waals surface area contributed by atoms with Crippen molar-refractivity contribution < 1.29 is 0 Å². The van der Waals surface area contributed by atoms with E-state index in [2.05, 4.69) is 72.2 Å². The van der Waals surface area contributed by atoms with Crippen LogP contribution in [0.3, 0.4) is 0 Å². The third-order valence-electron chi connectivity index (χ3n) is 5.84.